The first-order valence-electron chi connectivity index (χ1n) is 9.21. The molecular formula is C19H33N3. The minimum absolute atomic E-state index is 0.0847. The van der Waals surface area contributed by atoms with Crippen LogP contribution in [0.1, 0.15) is 102 Å². The van der Waals surface area contributed by atoms with Gasteiger partial charge in [0.1, 0.15) is 5.82 Å². The summed E-state index contributed by atoms with van der Waals surface area (Å²) in [7, 11) is 0. The molecule has 0 saturated carbocycles. The third-order valence-corrected chi connectivity index (χ3v) is 4.33. The number of nitrogens with zero attached hydrogens (tertiary/aromatic N) is 2. The van der Waals surface area contributed by atoms with Crippen LogP contribution >= 0.6 is 0 Å². The fourth-order valence-electron chi connectivity index (χ4n) is 2.75. The van der Waals surface area contributed by atoms with Gasteiger partial charge in [0.2, 0.25) is 0 Å². The molecule has 0 aliphatic rings. The Hall–Kier alpha value is -1.30. The van der Waals surface area contributed by atoms with Crippen molar-refractivity contribution in [2.24, 2.45) is 0 Å². The Kier molecular flexibility index (Phi) is 10.5. The van der Waals surface area contributed by atoms with E-state index in [0.717, 1.165) is 17.9 Å². The second kappa shape index (κ2) is 12.3. The predicted octanol–water partition coefficient (Wildman–Crippen LogP) is 5.89. The summed E-state index contributed by atoms with van der Waals surface area (Å²) in [5.74, 6) is 0.951. The van der Waals surface area contributed by atoms with Crippen LogP contribution in [0, 0.1) is 11.3 Å². The Bertz CT molecular complexity index is 417. The number of aryl methyl sites for hydroxylation is 1. The highest BCUT2D eigenvalue weighted by Crippen LogP contribution is 2.14. The highest BCUT2D eigenvalue weighted by molar-refractivity contribution is 5.13. The molecule has 3 heteroatoms. The van der Waals surface area contributed by atoms with E-state index in [1.807, 2.05) is 13.1 Å². The molecular weight excluding hydrogens is 270 g/mol. The van der Waals surface area contributed by atoms with Crippen LogP contribution in [0.25, 0.3) is 0 Å². The van der Waals surface area contributed by atoms with E-state index >= 15 is 0 Å². The zero-order valence-electron chi connectivity index (χ0n) is 14.5. The molecule has 0 aliphatic carbocycles. The number of nitriles is 1. The van der Waals surface area contributed by atoms with Crippen molar-refractivity contribution in [3.8, 4) is 6.07 Å². The van der Waals surface area contributed by atoms with Crippen molar-refractivity contribution in [1.29, 1.82) is 5.26 Å². The van der Waals surface area contributed by atoms with Crippen LogP contribution in [0.15, 0.2) is 6.20 Å². The number of H-pyrrole nitrogens is 1. The average Bonchev–Trinajstić information content (AvgIpc) is 3.00. The van der Waals surface area contributed by atoms with Crippen molar-refractivity contribution in [2.45, 2.75) is 96.8 Å². The average molecular weight is 303 g/mol. The van der Waals surface area contributed by atoms with Crippen LogP contribution in [0.5, 0.6) is 0 Å². The number of unbranched alkanes of at least 4 members (excludes halogenated alkanes) is 10. The Balaban J connectivity index is 1.93. The van der Waals surface area contributed by atoms with Gasteiger partial charge in [-0.2, -0.15) is 5.26 Å². The van der Waals surface area contributed by atoms with Gasteiger partial charge in [-0.05, 0) is 13.3 Å². The molecule has 1 atom stereocenters. The van der Waals surface area contributed by atoms with E-state index in [1.165, 1.54) is 70.6 Å². The number of aromatic nitrogens is 2. The van der Waals surface area contributed by atoms with Crippen LogP contribution in [0.3, 0.4) is 0 Å². The molecule has 1 N–H and O–H groups in total. The monoisotopic (exact) mass is 303 g/mol. The van der Waals surface area contributed by atoms with Crippen LogP contribution in [-0.2, 0) is 6.42 Å². The number of imidazole rings is 1. The quantitative estimate of drug-likeness (QED) is 0.462. The van der Waals surface area contributed by atoms with Crippen molar-refractivity contribution in [2.75, 3.05) is 0 Å². The molecule has 0 aromatic carbocycles. The standard InChI is InChI=1S/C19H33N3/c1-3-4-5-6-7-8-9-10-11-12-13-14-19-21-16-18(22-19)17(2)15-20/h16-17H,3-14H2,1-2H3,(H,21,22). The van der Waals surface area contributed by atoms with Crippen LogP contribution in [0.2, 0.25) is 0 Å². The lowest BCUT2D eigenvalue weighted by atomic mass is 10.1. The molecule has 0 spiro atoms. The van der Waals surface area contributed by atoms with E-state index in [-0.39, 0.29) is 5.92 Å². The molecule has 1 heterocycles. The van der Waals surface area contributed by atoms with Gasteiger partial charge in [0.25, 0.3) is 0 Å². The summed E-state index contributed by atoms with van der Waals surface area (Å²) in [5.41, 5.74) is 0.945. The first-order valence-corrected chi connectivity index (χ1v) is 9.21. The van der Waals surface area contributed by atoms with E-state index in [1.54, 1.807) is 0 Å². The van der Waals surface area contributed by atoms with E-state index in [9.17, 15) is 0 Å². The van der Waals surface area contributed by atoms with Crippen LogP contribution in [-0.4, -0.2) is 9.97 Å². The van der Waals surface area contributed by atoms with Gasteiger partial charge in [0.05, 0.1) is 17.7 Å². The topological polar surface area (TPSA) is 52.5 Å². The number of hydrogen-bond acceptors (Lipinski definition) is 2. The number of rotatable bonds is 13. The fourth-order valence-corrected chi connectivity index (χ4v) is 2.75. The predicted molar refractivity (Wildman–Crippen MR) is 92.8 cm³/mol. The lowest BCUT2D eigenvalue weighted by molar-refractivity contribution is 0.548. The maximum atomic E-state index is 8.88. The molecule has 1 rings (SSSR count). The summed E-state index contributed by atoms with van der Waals surface area (Å²) in [4.78, 5) is 7.63. The van der Waals surface area contributed by atoms with E-state index in [2.05, 4.69) is 23.0 Å². The summed E-state index contributed by atoms with van der Waals surface area (Å²) < 4.78 is 0. The SMILES string of the molecule is CCCCCCCCCCCCCc1ncc(C(C)C#N)[nH]1. The molecule has 0 amide bonds. The van der Waals surface area contributed by atoms with Gasteiger partial charge in [-0.3, -0.25) is 0 Å². The largest absolute Gasteiger partial charge is 0.345 e. The molecule has 0 aliphatic heterocycles. The van der Waals surface area contributed by atoms with Gasteiger partial charge in [-0.1, -0.05) is 71.1 Å². The number of nitrogens with one attached hydrogen (secondary N) is 1. The Morgan fingerprint density at radius 1 is 1.00 bits per heavy atom. The first kappa shape index (κ1) is 18.7. The van der Waals surface area contributed by atoms with E-state index < -0.39 is 0 Å². The summed E-state index contributed by atoms with van der Waals surface area (Å²) in [6.07, 6.45) is 17.9. The smallest absolute Gasteiger partial charge is 0.106 e. The molecule has 3 nitrogen and oxygen atoms in total. The third kappa shape index (κ3) is 8.22. The van der Waals surface area contributed by atoms with Gasteiger partial charge in [-0.15, -0.1) is 0 Å². The first-order chi connectivity index (χ1) is 10.8. The zero-order valence-corrected chi connectivity index (χ0v) is 14.5. The Morgan fingerprint density at radius 2 is 1.55 bits per heavy atom. The molecule has 124 valence electrons. The van der Waals surface area contributed by atoms with Crippen molar-refractivity contribution in [3.05, 3.63) is 17.7 Å². The van der Waals surface area contributed by atoms with Gasteiger partial charge >= 0.3 is 0 Å². The second-order valence-corrected chi connectivity index (χ2v) is 6.42. The van der Waals surface area contributed by atoms with Crippen molar-refractivity contribution in [1.82, 2.24) is 9.97 Å². The van der Waals surface area contributed by atoms with Gasteiger partial charge < -0.3 is 4.98 Å². The van der Waals surface area contributed by atoms with Crippen molar-refractivity contribution in [3.63, 3.8) is 0 Å². The summed E-state index contributed by atoms with van der Waals surface area (Å²) in [6.45, 7) is 4.17. The summed E-state index contributed by atoms with van der Waals surface area (Å²) in [5, 5.41) is 8.88. The molecule has 0 fully saturated rings. The Labute approximate surface area is 136 Å². The lowest BCUT2D eigenvalue weighted by Crippen LogP contribution is -1.92. The van der Waals surface area contributed by atoms with Gasteiger partial charge in [0, 0.05) is 12.6 Å². The van der Waals surface area contributed by atoms with Crippen molar-refractivity contribution >= 4 is 0 Å². The maximum absolute atomic E-state index is 8.88. The maximum Gasteiger partial charge on any atom is 0.106 e. The normalized spacial score (nSPS) is 12.2. The highest BCUT2D eigenvalue weighted by Gasteiger charge is 2.07. The number of hydrogen-bond donors (Lipinski definition) is 1. The second-order valence-electron chi connectivity index (χ2n) is 6.42. The molecule has 22 heavy (non-hydrogen) atoms. The Morgan fingerprint density at radius 3 is 2.09 bits per heavy atom. The van der Waals surface area contributed by atoms with Gasteiger partial charge in [0.15, 0.2) is 0 Å². The lowest BCUT2D eigenvalue weighted by Gasteiger charge is -2.02. The molecule has 1 unspecified atom stereocenters. The van der Waals surface area contributed by atoms with Gasteiger partial charge in [-0.25, -0.2) is 4.98 Å². The minimum Gasteiger partial charge on any atom is -0.345 e. The molecule has 0 bridgehead atoms. The van der Waals surface area contributed by atoms with Crippen LogP contribution < -0.4 is 0 Å². The molecule has 1 aromatic rings. The number of aromatic amines is 1. The summed E-state index contributed by atoms with van der Waals surface area (Å²) in [6, 6.07) is 2.24. The molecule has 0 saturated heterocycles. The van der Waals surface area contributed by atoms with E-state index in [4.69, 9.17) is 5.26 Å². The fraction of sp³-hybridized carbons (Fsp3) is 0.789. The minimum atomic E-state index is -0.0847. The third-order valence-electron chi connectivity index (χ3n) is 4.33. The zero-order chi connectivity index (χ0) is 16.0. The van der Waals surface area contributed by atoms with Crippen LogP contribution in [0.4, 0.5) is 0 Å². The van der Waals surface area contributed by atoms with E-state index in [0.29, 0.717) is 0 Å². The van der Waals surface area contributed by atoms with Crippen molar-refractivity contribution < 1.29 is 0 Å². The highest BCUT2D eigenvalue weighted by atomic mass is 14.9. The summed E-state index contributed by atoms with van der Waals surface area (Å²) >= 11 is 0. The molecule has 1 aromatic heterocycles. The molecule has 0 radical (unpaired) electrons.